The number of esters is 2. The molecule has 0 aliphatic carbocycles. The molecule has 0 aromatic rings. The van der Waals surface area contributed by atoms with Crippen LogP contribution in [0.4, 0.5) is 0 Å². The van der Waals surface area contributed by atoms with Gasteiger partial charge in [-0.1, -0.05) is 148 Å². The molecule has 8 heteroatoms. The van der Waals surface area contributed by atoms with Gasteiger partial charge in [0, 0.05) is 19.5 Å². The highest BCUT2D eigenvalue weighted by Crippen LogP contribution is 2.44. The van der Waals surface area contributed by atoms with Crippen molar-refractivity contribution in [1.82, 2.24) is 0 Å². The van der Waals surface area contributed by atoms with Crippen LogP contribution in [0.2, 0.25) is 0 Å². The number of carbonyl (C=O) groups excluding carboxylic acids is 2. The van der Waals surface area contributed by atoms with E-state index in [4.69, 9.17) is 18.5 Å². The monoisotopic (exact) mass is 741 g/mol. The van der Waals surface area contributed by atoms with Crippen molar-refractivity contribution in [1.29, 1.82) is 0 Å². The molecule has 0 fully saturated rings. The molecule has 0 unspecified atom stereocenters. The second kappa shape index (κ2) is 38.3. The molecule has 0 spiro atoms. The lowest BCUT2D eigenvalue weighted by Gasteiger charge is -2.20. The van der Waals surface area contributed by atoms with E-state index < -0.39 is 13.7 Å². The first kappa shape index (κ1) is 49.6. The van der Waals surface area contributed by atoms with E-state index >= 15 is 0 Å². The van der Waals surface area contributed by atoms with Crippen molar-refractivity contribution in [3.63, 3.8) is 0 Å². The molecular weight excluding hydrogens is 659 g/mol. The number of hydrogen-bond donors (Lipinski definition) is 0. The second-order valence-electron chi connectivity index (χ2n) is 14.4. The zero-order valence-corrected chi connectivity index (χ0v) is 34.7. The highest BCUT2D eigenvalue weighted by Gasteiger charge is 2.23. The zero-order valence-electron chi connectivity index (χ0n) is 33.8. The summed E-state index contributed by atoms with van der Waals surface area (Å²) in [5, 5.41) is 0. The molecule has 2 atom stereocenters. The fourth-order valence-corrected chi connectivity index (χ4v) is 6.84. The van der Waals surface area contributed by atoms with Crippen LogP contribution in [0.15, 0.2) is 24.3 Å². The van der Waals surface area contributed by atoms with Gasteiger partial charge in [-0.2, -0.15) is 0 Å². The highest BCUT2D eigenvalue weighted by molar-refractivity contribution is 7.52. The Labute approximate surface area is 315 Å². The van der Waals surface area contributed by atoms with Gasteiger partial charge in [-0.15, -0.1) is 0 Å². The van der Waals surface area contributed by atoms with Crippen LogP contribution in [-0.4, -0.2) is 44.5 Å². The van der Waals surface area contributed by atoms with Crippen LogP contribution in [0.1, 0.15) is 207 Å². The molecular formula is C43H81O7P. The standard InChI is InChI=1S/C43H81O7P/c1-5-8-10-12-14-16-18-20-22-24-26-28-30-32-34-36-42(44)47-39-41(40-49-51(4,46)48-38-7-3)50-43(45)37-35-33-31-29-27-25-23-21-19-17-15-13-11-9-6-2/h20-23,41H,5-19,24-40H2,1-4H3/b22-20-,23-21-/t41-,51-/m1/s1. The Morgan fingerprint density at radius 3 is 1.31 bits per heavy atom. The van der Waals surface area contributed by atoms with Crippen molar-refractivity contribution >= 4 is 19.5 Å². The summed E-state index contributed by atoms with van der Waals surface area (Å²) in [6.07, 6.45) is 40.9. The van der Waals surface area contributed by atoms with E-state index in [1.54, 1.807) is 0 Å². The topological polar surface area (TPSA) is 88.1 Å². The van der Waals surface area contributed by atoms with E-state index in [0.717, 1.165) is 57.8 Å². The lowest BCUT2D eigenvalue weighted by molar-refractivity contribution is -0.161. The minimum atomic E-state index is -3.29. The van der Waals surface area contributed by atoms with Crippen LogP contribution in [0.25, 0.3) is 0 Å². The Morgan fingerprint density at radius 2 is 0.882 bits per heavy atom. The van der Waals surface area contributed by atoms with Gasteiger partial charge < -0.3 is 18.5 Å². The molecule has 0 heterocycles. The van der Waals surface area contributed by atoms with Gasteiger partial charge in [0.05, 0.1) is 13.2 Å². The van der Waals surface area contributed by atoms with Crippen LogP contribution in [-0.2, 0) is 32.7 Å². The predicted molar refractivity (Wildman–Crippen MR) is 215 cm³/mol. The van der Waals surface area contributed by atoms with Gasteiger partial charge in [0.2, 0.25) is 0 Å². The van der Waals surface area contributed by atoms with Gasteiger partial charge in [-0.05, 0) is 70.6 Å². The molecule has 0 aromatic carbocycles. The maximum atomic E-state index is 12.6. The zero-order chi connectivity index (χ0) is 37.5. The number of ether oxygens (including phenoxy) is 2. The van der Waals surface area contributed by atoms with E-state index in [1.165, 1.54) is 116 Å². The summed E-state index contributed by atoms with van der Waals surface area (Å²) in [7, 11) is -3.29. The van der Waals surface area contributed by atoms with Gasteiger partial charge in [0.15, 0.2) is 6.10 Å². The average Bonchev–Trinajstić information content (AvgIpc) is 3.11. The number of carbonyl (C=O) groups is 2. The van der Waals surface area contributed by atoms with Gasteiger partial charge >= 0.3 is 19.5 Å². The summed E-state index contributed by atoms with van der Waals surface area (Å²) in [6.45, 7) is 7.91. The smallest absolute Gasteiger partial charge is 0.327 e. The fourth-order valence-electron chi connectivity index (χ4n) is 5.81. The number of hydrogen-bond acceptors (Lipinski definition) is 7. The quantitative estimate of drug-likeness (QED) is 0.0268. The van der Waals surface area contributed by atoms with Crippen molar-refractivity contribution in [3.8, 4) is 0 Å². The molecule has 0 aliphatic rings. The molecule has 0 saturated carbocycles. The van der Waals surface area contributed by atoms with E-state index in [0.29, 0.717) is 25.9 Å². The molecule has 0 aromatic heterocycles. The first-order valence-electron chi connectivity index (χ1n) is 21.4. The molecule has 0 amide bonds. The van der Waals surface area contributed by atoms with Crippen LogP contribution in [0.3, 0.4) is 0 Å². The molecule has 0 bridgehead atoms. The Kier molecular flexibility index (Phi) is 37.2. The summed E-state index contributed by atoms with van der Waals surface area (Å²) in [5.74, 6) is -0.664. The highest BCUT2D eigenvalue weighted by atomic mass is 31.2. The fraction of sp³-hybridized carbons (Fsp3) is 0.860. The summed E-state index contributed by atoms with van der Waals surface area (Å²) < 4.78 is 34.5. The van der Waals surface area contributed by atoms with Gasteiger partial charge in [-0.3, -0.25) is 14.2 Å². The van der Waals surface area contributed by atoms with Crippen molar-refractivity contribution < 1.29 is 32.7 Å². The molecule has 300 valence electrons. The Hall–Kier alpha value is -1.43. The Balaban J connectivity index is 4.20. The first-order chi connectivity index (χ1) is 24.8. The number of allylic oxidation sites excluding steroid dienone is 4. The van der Waals surface area contributed by atoms with Crippen LogP contribution < -0.4 is 0 Å². The van der Waals surface area contributed by atoms with E-state index in [1.807, 2.05) is 6.92 Å². The third-order valence-corrected chi connectivity index (χ3v) is 10.3. The van der Waals surface area contributed by atoms with Crippen LogP contribution in [0, 0.1) is 0 Å². The SMILES string of the molecule is CCCCCCCC/C=C\CCCCCCCC(=O)OC[C@H](CO[P@](C)(=O)OCCC)OC(=O)CCCCCCC/C=C\CCCCCCCC. The van der Waals surface area contributed by atoms with Crippen LogP contribution >= 0.6 is 7.60 Å². The minimum absolute atomic E-state index is 0.115. The maximum Gasteiger partial charge on any atom is 0.327 e. The van der Waals surface area contributed by atoms with E-state index in [2.05, 4.69) is 38.2 Å². The third-order valence-electron chi connectivity index (χ3n) is 9.04. The van der Waals surface area contributed by atoms with E-state index in [9.17, 15) is 14.2 Å². The first-order valence-corrected chi connectivity index (χ1v) is 23.3. The third kappa shape index (κ3) is 38.1. The minimum Gasteiger partial charge on any atom is -0.462 e. The van der Waals surface area contributed by atoms with Crippen LogP contribution in [0.5, 0.6) is 0 Å². The van der Waals surface area contributed by atoms with Crippen molar-refractivity contribution in [2.45, 2.75) is 213 Å². The second-order valence-corrected chi connectivity index (χ2v) is 16.4. The number of rotatable bonds is 39. The summed E-state index contributed by atoms with van der Waals surface area (Å²) >= 11 is 0. The molecule has 0 radical (unpaired) electrons. The van der Waals surface area contributed by atoms with Crippen molar-refractivity contribution in [2.75, 3.05) is 26.5 Å². The summed E-state index contributed by atoms with van der Waals surface area (Å²) in [5.41, 5.74) is 0. The molecule has 0 N–H and O–H groups in total. The number of unbranched alkanes of at least 4 members (excludes halogenated alkanes) is 22. The Morgan fingerprint density at radius 1 is 0.490 bits per heavy atom. The molecule has 0 saturated heterocycles. The lowest BCUT2D eigenvalue weighted by Crippen LogP contribution is -2.29. The summed E-state index contributed by atoms with van der Waals surface area (Å²) in [6, 6.07) is 0. The van der Waals surface area contributed by atoms with E-state index in [-0.39, 0.29) is 25.2 Å². The van der Waals surface area contributed by atoms with Gasteiger partial charge in [-0.25, -0.2) is 0 Å². The van der Waals surface area contributed by atoms with Gasteiger partial charge in [0.1, 0.15) is 6.61 Å². The lowest BCUT2D eigenvalue weighted by atomic mass is 10.1. The molecule has 0 rings (SSSR count). The van der Waals surface area contributed by atoms with Crippen molar-refractivity contribution in [2.24, 2.45) is 0 Å². The van der Waals surface area contributed by atoms with Crippen molar-refractivity contribution in [3.05, 3.63) is 24.3 Å². The molecule has 51 heavy (non-hydrogen) atoms. The normalized spacial score (nSPS) is 13.6. The maximum absolute atomic E-state index is 12.6. The molecule has 7 nitrogen and oxygen atoms in total. The van der Waals surface area contributed by atoms with Gasteiger partial charge in [0.25, 0.3) is 0 Å². The summed E-state index contributed by atoms with van der Waals surface area (Å²) in [4.78, 5) is 25.1. The predicted octanol–water partition coefficient (Wildman–Crippen LogP) is 13.8. The average molecular weight is 741 g/mol. The molecule has 0 aliphatic heterocycles. The Bertz CT molecular complexity index is 888. The largest absolute Gasteiger partial charge is 0.462 e.